The number of nitrogens with zero attached hydrogens (tertiary/aromatic N) is 3. The van der Waals surface area contributed by atoms with Gasteiger partial charge >= 0.3 is 12.0 Å². The van der Waals surface area contributed by atoms with Gasteiger partial charge in [0.2, 0.25) is 0 Å². The van der Waals surface area contributed by atoms with Crippen molar-refractivity contribution in [1.82, 2.24) is 20.1 Å². The first-order chi connectivity index (χ1) is 8.54. The predicted octanol–water partition coefficient (Wildman–Crippen LogP) is -0.314. The van der Waals surface area contributed by atoms with Crippen molar-refractivity contribution in [3.8, 4) is 0 Å². The van der Waals surface area contributed by atoms with E-state index in [0.717, 1.165) is 17.6 Å². The number of hydrogen-bond acceptors (Lipinski definition) is 5. The number of aryl methyl sites for hydroxylation is 1. The zero-order chi connectivity index (χ0) is 13.5. The van der Waals surface area contributed by atoms with Gasteiger partial charge in [0, 0.05) is 19.5 Å². The molecule has 0 saturated heterocycles. The molecule has 0 spiro atoms. The molecule has 8 nitrogen and oxygen atoms in total. The number of urea groups is 1. The Balaban J connectivity index is 2.68. The molecule has 0 aliphatic heterocycles. The van der Waals surface area contributed by atoms with Crippen LogP contribution in [-0.4, -0.2) is 44.2 Å². The summed E-state index contributed by atoms with van der Waals surface area (Å²) in [6.07, 6.45) is 0.678. The van der Waals surface area contributed by atoms with E-state index in [1.54, 1.807) is 4.57 Å². The van der Waals surface area contributed by atoms with Crippen LogP contribution in [0.25, 0.3) is 0 Å². The zero-order valence-electron chi connectivity index (χ0n) is 9.92. The van der Waals surface area contributed by atoms with E-state index in [2.05, 4.69) is 15.5 Å². The summed E-state index contributed by atoms with van der Waals surface area (Å²) in [4.78, 5) is 21.1. The van der Waals surface area contributed by atoms with Gasteiger partial charge in [-0.25, -0.2) is 4.79 Å². The van der Waals surface area contributed by atoms with Crippen LogP contribution in [0, 0.1) is 0 Å². The maximum Gasteiger partial charge on any atom is 0.313 e. The number of thioether (sulfide) groups is 1. The average molecular weight is 273 g/mol. The number of nitrogens with two attached hydrogens (primary N) is 1. The Morgan fingerprint density at radius 1 is 1.50 bits per heavy atom. The lowest BCUT2D eigenvalue weighted by Crippen LogP contribution is -2.32. The van der Waals surface area contributed by atoms with Crippen molar-refractivity contribution in [2.75, 3.05) is 12.3 Å². The quantitative estimate of drug-likeness (QED) is 0.585. The van der Waals surface area contributed by atoms with E-state index >= 15 is 0 Å². The first kappa shape index (κ1) is 14.3. The molecule has 0 fully saturated rings. The lowest BCUT2D eigenvalue weighted by molar-refractivity contribution is -0.133. The van der Waals surface area contributed by atoms with Gasteiger partial charge in [0.25, 0.3) is 0 Å². The van der Waals surface area contributed by atoms with Crippen molar-refractivity contribution >= 4 is 23.8 Å². The molecule has 0 bridgehead atoms. The van der Waals surface area contributed by atoms with Crippen LogP contribution >= 0.6 is 11.8 Å². The predicted molar refractivity (Wildman–Crippen MR) is 65.3 cm³/mol. The van der Waals surface area contributed by atoms with Crippen molar-refractivity contribution in [1.29, 1.82) is 0 Å². The second-order valence-electron chi connectivity index (χ2n) is 3.38. The molecule has 4 N–H and O–H groups in total. The van der Waals surface area contributed by atoms with E-state index in [-0.39, 0.29) is 5.75 Å². The third-order valence-corrected chi connectivity index (χ3v) is 3.02. The van der Waals surface area contributed by atoms with Crippen LogP contribution in [0.4, 0.5) is 4.79 Å². The molecule has 0 aliphatic carbocycles. The normalized spacial score (nSPS) is 10.3. The fourth-order valence-corrected chi connectivity index (χ4v) is 2.03. The van der Waals surface area contributed by atoms with Crippen LogP contribution in [0.1, 0.15) is 12.7 Å². The number of aliphatic carboxylic acids is 1. The highest BCUT2D eigenvalue weighted by atomic mass is 32.2. The Kier molecular flexibility index (Phi) is 5.43. The molecule has 0 unspecified atom stereocenters. The van der Waals surface area contributed by atoms with E-state index in [4.69, 9.17) is 10.8 Å². The van der Waals surface area contributed by atoms with Gasteiger partial charge in [0.05, 0.1) is 5.75 Å². The van der Waals surface area contributed by atoms with Crippen LogP contribution in [0.5, 0.6) is 0 Å². The van der Waals surface area contributed by atoms with Crippen molar-refractivity contribution in [3.05, 3.63) is 5.82 Å². The summed E-state index contributed by atoms with van der Waals surface area (Å²) >= 11 is 1.10. The van der Waals surface area contributed by atoms with E-state index in [1.165, 1.54) is 0 Å². The van der Waals surface area contributed by atoms with Gasteiger partial charge in [-0.15, -0.1) is 10.2 Å². The highest BCUT2D eigenvalue weighted by Crippen LogP contribution is 2.16. The summed E-state index contributed by atoms with van der Waals surface area (Å²) in [6.45, 7) is 2.73. The molecule has 0 saturated carbocycles. The van der Waals surface area contributed by atoms with Gasteiger partial charge < -0.3 is 20.7 Å². The molecular formula is C9H15N5O3S. The highest BCUT2D eigenvalue weighted by Gasteiger charge is 2.12. The van der Waals surface area contributed by atoms with E-state index in [1.807, 2.05) is 6.92 Å². The number of carboxylic acid groups (broad SMARTS) is 1. The Bertz CT molecular complexity index is 434. The van der Waals surface area contributed by atoms with E-state index in [0.29, 0.717) is 24.7 Å². The third kappa shape index (κ3) is 4.24. The number of amides is 2. The molecule has 1 heterocycles. The summed E-state index contributed by atoms with van der Waals surface area (Å²) in [6, 6.07) is -0.596. The van der Waals surface area contributed by atoms with Crippen molar-refractivity contribution < 1.29 is 14.7 Å². The lowest BCUT2D eigenvalue weighted by Gasteiger charge is -2.08. The fraction of sp³-hybridized carbons (Fsp3) is 0.556. The smallest absolute Gasteiger partial charge is 0.313 e. The second-order valence-corrected chi connectivity index (χ2v) is 4.32. The van der Waals surface area contributed by atoms with Gasteiger partial charge in [-0.3, -0.25) is 4.79 Å². The molecule has 1 aromatic rings. The maximum atomic E-state index is 10.6. The van der Waals surface area contributed by atoms with Crippen LogP contribution in [0.2, 0.25) is 0 Å². The summed E-state index contributed by atoms with van der Waals surface area (Å²) in [5.74, 6) is -0.248. The lowest BCUT2D eigenvalue weighted by atomic mass is 10.4. The van der Waals surface area contributed by atoms with Crippen molar-refractivity contribution in [3.63, 3.8) is 0 Å². The average Bonchev–Trinajstić information content (AvgIpc) is 2.68. The van der Waals surface area contributed by atoms with Crippen LogP contribution < -0.4 is 11.1 Å². The Labute approximate surface area is 108 Å². The fourth-order valence-electron chi connectivity index (χ4n) is 1.33. The van der Waals surface area contributed by atoms with Crippen LogP contribution in [-0.2, 0) is 17.8 Å². The molecule has 0 atom stereocenters. The SMILES string of the molecule is CCc1nnc(SCC(=O)O)n1CCNC(N)=O. The number of carbonyl (C=O) groups excluding carboxylic acids is 1. The molecule has 9 heteroatoms. The molecule has 100 valence electrons. The monoisotopic (exact) mass is 273 g/mol. The summed E-state index contributed by atoms with van der Waals surface area (Å²) < 4.78 is 1.78. The minimum absolute atomic E-state index is 0.0783. The molecule has 1 aromatic heterocycles. The van der Waals surface area contributed by atoms with Crippen LogP contribution in [0.3, 0.4) is 0 Å². The molecule has 18 heavy (non-hydrogen) atoms. The largest absolute Gasteiger partial charge is 0.481 e. The zero-order valence-corrected chi connectivity index (χ0v) is 10.7. The van der Waals surface area contributed by atoms with Crippen LogP contribution in [0.15, 0.2) is 5.16 Å². The van der Waals surface area contributed by atoms with Gasteiger partial charge in [0.1, 0.15) is 5.82 Å². The molecule has 0 aromatic carbocycles. The molecular weight excluding hydrogens is 258 g/mol. The van der Waals surface area contributed by atoms with Crippen molar-refractivity contribution in [2.24, 2.45) is 5.73 Å². The Morgan fingerprint density at radius 3 is 2.78 bits per heavy atom. The molecule has 2 amide bonds. The Hall–Kier alpha value is -1.77. The molecule has 0 radical (unpaired) electrons. The summed E-state index contributed by atoms with van der Waals surface area (Å²) in [5, 5.41) is 19.5. The minimum Gasteiger partial charge on any atom is -0.481 e. The van der Waals surface area contributed by atoms with Crippen molar-refractivity contribution in [2.45, 2.75) is 25.0 Å². The van der Waals surface area contributed by atoms with Gasteiger partial charge in [0.15, 0.2) is 5.16 Å². The Morgan fingerprint density at radius 2 is 2.22 bits per heavy atom. The third-order valence-electron chi connectivity index (χ3n) is 2.07. The van der Waals surface area contributed by atoms with Gasteiger partial charge in [-0.1, -0.05) is 18.7 Å². The summed E-state index contributed by atoms with van der Waals surface area (Å²) in [5.41, 5.74) is 4.97. The van der Waals surface area contributed by atoms with Gasteiger partial charge in [-0.2, -0.15) is 0 Å². The molecule has 0 aliphatic rings. The number of rotatable bonds is 7. The maximum absolute atomic E-state index is 10.6. The van der Waals surface area contributed by atoms with E-state index < -0.39 is 12.0 Å². The standard InChI is InChI=1S/C9H15N5O3S/c1-2-6-12-13-9(18-5-7(15)16)14(6)4-3-11-8(10)17/h2-5H2,1H3,(H,15,16)(H3,10,11,17). The first-order valence-corrected chi connectivity index (χ1v) is 6.33. The number of carbonyl (C=O) groups is 2. The number of nitrogens with one attached hydrogen (secondary N) is 1. The number of primary amides is 1. The number of aromatic nitrogens is 3. The van der Waals surface area contributed by atoms with E-state index in [9.17, 15) is 9.59 Å². The van der Waals surface area contributed by atoms with Gasteiger partial charge in [-0.05, 0) is 0 Å². The topological polar surface area (TPSA) is 123 Å². The summed E-state index contributed by atoms with van der Waals surface area (Å²) in [7, 11) is 0. The minimum atomic E-state index is -0.914. The number of carboxylic acids is 1. The second kappa shape index (κ2) is 6.84. The first-order valence-electron chi connectivity index (χ1n) is 5.34. The molecule has 1 rings (SSSR count). The highest BCUT2D eigenvalue weighted by molar-refractivity contribution is 7.99. The number of hydrogen-bond donors (Lipinski definition) is 3.